The van der Waals surface area contributed by atoms with Crippen molar-refractivity contribution in [2.45, 2.75) is 25.2 Å². The lowest BCUT2D eigenvalue weighted by Gasteiger charge is -2.30. The second-order valence-electron chi connectivity index (χ2n) is 6.99. The number of carbonyl (C=O) groups excluding carboxylic acids is 1. The molecule has 0 unspecified atom stereocenters. The lowest BCUT2D eigenvalue weighted by molar-refractivity contribution is -0.143. The second-order valence-corrected chi connectivity index (χ2v) is 6.99. The summed E-state index contributed by atoms with van der Waals surface area (Å²) in [5, 5.41) is 12.1. The van der Waals surface area contributed by atoms with Gasteiger partial charge in [-0.3, -0.25) is 4.79 Å². The molecule has 2 amide bonds. The third kappa shape index (κ3) is 5.09. The van der Waals surface area contributed by atoms with E-state index >= 15 is 0 Å². The van der Waals surface area contributed by atoms with Crippen molar-refractivity contribution in [2.24, 2.45) is 5.92 Å². The first kappa shape index (κ1) is 19.0. The van der Waals surface area contributed by atoms with Crippen LogP contribution in [-0.4, -0.2) is 41.6 Å². The number of amides is 2. The SMILES string of the molecule is O=C(O)C1CCN(C(=O)NCCC(c2ccccc2)c2ccccc2)CC1. The lowest BCUT2D eigenvalue weighted by atomic mass is 9.88. The van der Waals surface area contributed by atoms with Gasteiger partial charge in [0.15, 0.2) is 0 Å². The molecule has 142 valence electrons. The van der Waals surface area contributed by atoms with Gasteiger partial charge in [-0.05, 0) is 30.4 Å². The van der Waals surface area contributed by atoms with E-state index in [1.165, 1.54) is 11.1 Å². The summed E-state index contributed by atoms with van der Waals surface area (Å²) >= 11 is 0. The van der Waals surface area contributed by atoms with E-state index in [0.29, 0.717) is 32.5 Å². The van der Waals surface area contributed by atoms with Crippen LogP contribution in [0.3, 0.4) is 0 Å². The Morgan fingerprint density at radius 1 is 0.963 bits per heavy atom. The van der Waals surface area contributed by atoms with E-state index in [0.717, 1.165) is 6.42 Å². The largest absolute Gasteiger partial charge is 0.481 e. The zero-order valence-corrected chi connectivity index (χ0v) is 15.4. The molecule has 2 aromatic carbocycles. The molecular weight excluding hydrogens is 340 g/mol. The van der Waals surface area contributed by atoms with Gasteiger partial charge in [0.2, 0.25) is 0 Å². The highest BCUT2D eigenvalue weighted by Crippen LogP contribution is 2.27. The van der Waals surface area contributed by atoms with Crippen LogP contribution in [0, 0.1) is 5.92 Å². The van der Waals surface area contributed by atoms with E-state index in [1.807, 2.05) is 36.4 Å². The summed E-state index contributed by atoms with van der Waals surface area (Å²) in [5.74, 6) is -0.858. The van der Waals surface area contributed by atoms with Gasteiger partial charge in [0.05, 0.1) is 5.92 Å². The van der Waals surface area contributed by atoms with Crippen molar-refractivity contribution in [3.05, 3.63) is 71.8 Å². The van der Waals surface area contributed by atoms with Crippen molar-refractivity contribution >= 4 is 12.0 Å². The van der Waals surface area contributed by atoms with Gasteiger partial charge in [0.1, 0.15) is 0 Å². The fraction of sp³-hybridized carbons (Fsp3) is 0.364. The maximum atomic E-state index is 12.4. The molecule has 1 aliphatic rings. The smallest absolute Gasteiger partial charge is 0.317 e. The molecule has 1 aliphatic heterocycles. The van der Waals surface area contributed by atoms with E-state index in [2.05, 4.69) is 29.6 Å². The molecule has 0 atom stereocenters. The number of urea groups is 1. The zero-order chi connectivity index (χ0) is 19.1. The summed E-state index contributed by atoms with van der Waals surface area (Å²) in [7, 11) is 0. The van der Waals surface area contributed by atoms with E-state index in [-0.39, 0.29) is 17.9 Å². The number of piperidine rings is 1. The van der Waals surface area contributed by atoms with Crippen molar-refractivity contribution in [1.29, 1.82) is 0 Å². The monoisotopic (exact) mass is 366 g/mol. The van der Waals surface area contributed by atoms with Crippen molar-refractivity contribution in [1.82, 2.24) is 10.2 Å². The average Bonchev–Trinajstić information content (AvgIpc) is 2.72. The number of carboxylic acids is 1. The van der Waals surface area contributed by atoms with Crippen molar-refractivity contribution in [3.8, 4) is 0 Å². The highest BCUT2D eigenvalue weighted by molar-refractivity contribution is 5.75. The highest BCUT2D eigenvalue weighted by atomic mass is 16.4. The maximum absolute atomic E-state index is 12.4. The van der Waals surface area contributed by atoms with Crippen LogP contribution in [0.15, 0.2) is 60.7 Å². The number of rotatable bonds is 6. The van der Waals surface area contributed by atoms with Gasteiger partial charge in [0, 0.05) is 25.6 Å². The van der Waals surface area contributed by atoms with Crippen molar-refractivity contribution in [3.63, 3.8) is 0 Å². The normalized spacial score (nSPS) is 14.9. The van der Waals surface area contributed by atoms with E-state index in [4.69, 9.17) is 5.11 Å². The molecule has 1 fully saturated rings. The number of nitrogens with one attached hydrogen (secondary N) is 1. The third-order valence-corrected chi connectivity index (χ3v) is 5.24. The average molecular weight is 366 g/mol. The molecule has 0 radical (unpaired) electrons. The summed E-state index contributed by atoms with van der Waals surface area (Å²) in [4.78, 5) is 25.1. The Balaban J connectivity index is 1.55. The Morgan fingerprint density at radius 3 is 1.96 bits per heavy atom. The number of hydrogen-bond acceptors (Lipinski definition) is 2. The number of aliphatic carboxylic acids is 1. The van der Waals surface area contributed by atoms with E-state index in [9.17, 15) is 9.59 Å². The summed E-state index contributed by atoms with van der Waals surface area (Å²) in [6.07, 6.45) is 1.87. The minimum absolute atomic E-state index is 0.0984. The predicted octanol–water partition coefficient (Wildman–Crippen LogP) is 3.71. The van der Waals surface area contributed by atoms with Gasteiger partial charge in [-0.1, -0.05) is 60.7 Å². The Labute approximate surface area is 160 Å². The molecule has 5 nitrogen and oxygen atoms in total. The zero-order valence-electron chi connectivity index (χ0n) is 15.4. The Bertz CT molecular complexity index is 701. The van der Waals surface area contributed by atoms with Crippen molar-refractivity contribution in [2.75, 3.05) is 19.6 Å². The molecule has 1 heterocycles. The minimum Gasteiger partial charge on any atom is -0.481 e. The van der Waals surface area contributed by atoms with Crippen LogP contribution < -0.4 is 5.32 Å². The van der Waals surface area contributed by atoms with Crippen LogP contribution in [0.25, 0.3) is 0 Å². The topological polar surface area (TPSA) is 69.6 Å². The summed E-state index contributed by atoms with van der Waals surface area (Å²) in [5.41, 5.74) is 2.47. The second kappa shape index (κ2) is 9.21. The number of likely N-dealkylation sites (tertiary alicyclic amines) is 1. The quantitative estimate of drug-likeness (QED) is 0.819. The Morgan fingerprint density at radius 2 is 1.48 bits per heavy atom. The predicted molar refractivity (Wildman–Crippen MR) is 105 cm³/mol. The number of benzene rings is 2. The van der Waals surface area contributed by atoms with Crippen LogP contribution in [0.4, 0.5) is 4.79 Å². The van der Waals surface area contributed by atoms with Crippen LogP contribution in [0.5, 0.6) is 0 Å². The van der Waals surface area contributed by atoms with Gasteiger partial charge in [-0.15, -0.1) is 0 Å². The molecule has 0 saturated carbocycles. The molecular formula is C22H26N2O3. The maximum Gasteiger partial charge on any atom is 0.317 e. The summed E-state index contributed by atoms with van der Waals surface area (Å²) in [6.45, 7) is 1.58. The first-order valence-corrected chi connectivity index (χ1v) is 9.50. The highest BCUT2D eigenvalue weighted by Gasteiger charge is 2.26. The van der Waals surface area contributed by atoms with Gasteiger partial charge < -0.3 is 15.3 Å². The minimum atomic E-state index is -0.761. The number of hydrogen-bond donors (Lipinski definition) is 2. The molecule has 5 heteroatoms. The molecule has 0 bridgehead atoms. The van der Waals surface area contributed by atoms with Crippen LogP contribution in [0.2, 0.25) is 0 Å². The molecule has 1 saturated heterocycles. The molecule has 2 N–H and O–H groups in total. The fourth-order valence-electron chi connectivity index (χ4n) is 3.66. The number of carboxylic acid groups (broad SMARTS) is 1. The summed E-state index contributed by atoms with van der Waals surface area (Å²) < 4.78 is 0. The molecule has 27 heavy (non-hydrogen) atoms. The van der Waals surface area contributed by atoms with Gasteiger partial charge >= 0.3 is 12.0 Å². The van der Waals surface area contributed by atoms with Crippen LogP contribution in [-0.2, 0) is 4.79 Å². The van der Waals surface area contributed by atoms with E-state index < -0.39 is 5.97 Å². The Hall–Kier alpha value is -2.82. The van der Waals surface area contributed by atoms with Gasteiger partial charge in [0.25, 0.3) is 0 Å². The first-order valence-electron chi connectivity index (χ1n) is 9.50. The van der Waals surface area contributed by atoms with Crippen molar-refractivity contribution < 1.29 is 14.7 Å². The first-order chi connectivity index (χ1) is 13.1. The Kier molecular flexibility index (Phi) is 6.47. The lowest BCUT2D eigenvalue weighted by Crippen LogP contribution is -2.45. The summed E-state index contributed by atoms with van der Waals surface area (Å²) in [6, 6.07) is 20.6. The fourth-order valence-corrected chi connectivity index (χ4v) is 3.66. The van der Waals surface area contributed by atoms with E-state index in [1.54, 1.807) is 4.90 Å². The molecule has 0 aromatic heterocycles. The molecule has 2 aromatic rings. The van der Waals surface area contributed by atoms with Crippen LogP contribution >= 0.6 is 0 Å². The number of carbonyl (C=O) groups is 2. The van der Waals surface area contributed by atoms with Gasteiger partial charge in [-0.2, -0.15) is 0 Å². The van der Waals surface area contributed by atoms with Crippen LogP contribution in [0.1, 0.15) is 36.3 Å². The van der Waals surface area contributed by atoms with Gasteiger partial charge in [-0.25, -0.2) is 4.79 Å². The standard InChI is InChI=1S/C22H26N2O3/c25-21(26)19-12-15-24(16-13-19)22(27)23-14-11-20(17-7-3-1-4-8-17)18-9-5-2-6-10-18/h1-10,19-20H,11-16H2,(H,23,27)(H,25,26). The third-order valence-electron chi connectivity index (χ3n) is 5.24. The molecule has 0 aliphatic carbocycles. The molecule has 0 spiro atoms. The number of nitrogens with zero attached hydrogens (tertiary/aromatic N) is 1. The molecule has 3 rings (SSSR count).